The van der Waals surface area contributed by atoms with Crippen LogP contribution in [0.25, 0.3) is 28.1 Å². The van der Waals surface area contributed by atoms with Crippen molar-refractivity contribution in [1.82, 2.24) is 24.5 Å². The summed E-state index contributed by atoms with van der Waals surface area (Å²) in [5.74, 6) is 0.954. The van der Waals surface area contributed by atoms with E-state index in [0.717, 1.165) is 5.39 Å². The minimum Gasteiger partial charge on any atom is -0.494 e. The number of pyridine rings is 2. The molecule has 4 aromatic rings. The second-order valence-corrected chi connectivity index (χ2v) is 7.93. The standard InChI is InChI=1S/C22H21F3N6O/c1-32-17-4-2-3-13-5-7-16(27-19(13)17)21-29-28-18-8-6-14(11-31(18)21)20(22(23,24)25)30-10-9-15(26)12-30/h2-8,11,15,20H,9-10,12,26H2,1H3/t15-,20+/m0/s1. The van der Waals surface area contributed by atoms with Crippen LogP contribution < -0.4 is 10.5 Å². The number of nitrogens with zero attached hydrogens (tertiary/aromatic N) is 5. The van der Waals surface area contributed by atoms with Crippen LogP contribution in [0.3, 0.4) is 0 Å². The van der Waals surface area contributed by atoms with Gasteiger partial charge in [-0.25, -0.2) is 4.98 Å². The van der Waals surface area contributed by atoms with Gasteiger partial charge in [0.2, 0.25) is 0 Å². The maximum absolute atomic E-state index is 14.0. The molecule has 32 heavy (non-hydrogen) atoms. The van der Waals surface area contributed by atoms with Crippen molar-refractivity contribution in [3.05, 3.63) is 54.2 Å². The topological polar surface area (TPSA) is 81.6 Å². The third-order valence-corrected chi connectivity index (χ3v) is 5.80. The molecule has 2 N–H and O–H groups in total. The number of rotatable bonds is 4. The summed E-state index contributed by atoms with van der Waals surface area (Å²) in [5, 5.41) is 9.19. The Morgan fingerprint density at radius 1 is 1.12 bits per heavy atom. The number of ether oxygens (including phenoxy) is 1. The summed E-state index contributed by atoms with van der Waals surface area (Å²) in [6, 6.07) is 10.2. The highest BCUT2D eigenvalue weighted by Gasteiger charge is 2.46. The second kappa shape index (κ2) is 7.72. The molecule has 3 aromatic heterocycles. The lowest BCUT2D eigenvalue weighted by Crippen LogP contribution is -2.38. The highest BCUT2D eigenvalue weighted by molar-refractivity contribution is 5.86. The highest BCUT2D eigenvalue weighted by Crippen LogP contribution is 2.39. The van der Waals surface area contributed by atoms with E-state index in [2.05, 4.69) is 15.2 Å². The minimum absolute atomic E-state index is 0.110. The zero-order chi connectivity index (χ0) is 22.5. The van der Waals surface area contributed by atoms with Gasteiger partial charge in [-0.05, 0) is 30.2 Å². The van der Waals surface area contributed by atoms with Crippen molar-refractivity contribution in [1.29, 1.82) is 0 Å². The Hall–Kier alpha value is -3.24. The van der Waals surface area contributed by atoms with E-state index >= 15 is 0 Å². The molecule has 10 heteroatoms. The summed E-state index contributed by atoms with van der Waals surface area (Å²) in [4.78, 5) is 6.04. The first-order valence-electron chi connectivity index (χ1n) is 10.2. The van der Waals surface area contributed by atoms with Crippen LogP contribution in [0, 0.1) is 0 Å². The van der Waals surface area contributed by atoms with E-state index in [-0.39, 0.29) is 18.2 Å². The number of para-hydroxylation sites is 1. The number of benzene rings is 1. The number of nitrogens with two attached hydrogens (primary N) is 1. The average molecular weight is 442 g/mol. The van der Waals surface area contributed by atoms with Crippen molar-refractivity contribution in [3.63, 3.8) is 0 Å². The number of methoxy groups -OCH3 is 1. The Balaban J connectivity index is 1.62. The fraction of sp³-hybridized carbons (Fsp3) is 0.318. The van der Waals surface area contributed by atoms with E-state index in [9.17, 15) is 13.2 Å². The highest BCUT2D eigenvalue weighted by atomic mass is 19.4. The normalized spacial score (nSPS) is 18.5. The molecule has 1 saturated heterocycles. The van der Waals surface area contributed by atoms with Gasteiger partial charge in [-0.3, -0.25) is 9.30 Å². The molecular formula is C22H21F3N6O. The molecule has 0 aliphatic carbocycles. The van der Waals surface area contributed by atoms with Crippen LogP contribution in [0.1, 0.15) is 18.0 Å². The Labute approximate surface area is 181 Å². The van der Waals surface area contributed by atoms with Crippen molar-refractivity contribution in [2.24, 2.45) is 5.73 Å². The molecule has 7 nitrogen and oxygen atoms in total. The SMILES string of the molecule is COc1cccc2ccc(-c3nnc4ccc([C@@H](N5CC[C@H](N)C5)C(F)(F)F)cn34)nc12. The lowest BCUT2D eigenvalue weighted by Gasteiger charge is -2.30. The summed E-state index contributed by atoms with van der Waals surface area (Å²) >= 11 is 0. The number of fused-ring (bicyclic) bond motifs is 2. The van der Waals surface area contributed by atoms with Gasteiger partial charge in [0.1, 0.15) is 23.0 Å². The summed E-state index contributed by atoms with van der Waals surface area (Å²) in [6.07, 6.45) is -2.46. The van der Waals surface area contributed by atoms with E-state index in [1.54, 1.807) is 29.7 Å². The fourth-order valence-corrected chi connectivity index (χ4v) is 4.31. The number of likely N-dealkylation sites (tertiary alicyclic amines) is 1. The molecule has 1 aliphatic rings. The predicted octanol–water partition coefficient (Wildman–Crippen LogP) is 3.59. The molecule has 2 atom stereocenters. The molecule has 0 amide bonds. The maximum atomic E-state index is 14.0. The minimum atomic E-state index is -4.44. The van der Waals surface area contributed by atoms with Gasteiger partial charge in [0, 0.05) is 30.7 Å². The van der Waals surface area contributed by atoms with Crippen LogP contribution in [0.4, 0.5) is 13.2 Å². The molecule has 0 unspecified atom stereocenters. The largest absolute Gasteiger partial charge is 0.494 e. The van der Waals surface area contributed by atoms with Gasteiger partial charge in [0.05, 0.1) is 7.11 Å². The zero-order valence-electron chi connectivity index (χ0n) is 17.3. The first kappa shape index (κ1) is 20.7. The molecule has 1 aliphatic heterocycles. The zero-order valence-corrected chi connectivity index (χ0v) is 17.3. The van der Waals surface area contributed by atoms with Gasteiger partial charge in [-0.2, -0.15) is 13.2 Å². The molecular weight excluding hydrogens is 421 g/mol. The Morgan fingerprint density at radius 3 is 2.69 bits per heavy atom. The van der Waals surface area contributed by atoms with Crippen LogP contribution in [0.5, 0.6) is 5.75 Å². The first-order valence-corrected chi connectivity index (χ1v) is 10.2. The summed E-state index contributed by atoms with van der Waals surface area (Å²) in [6.45, 7) is 0.494. The molecule has 1 fully saturated rings. The Morgan fingerprint density at radius 2 is 1.97 bits per heavy atom. The molecule has 166 valence electrons. The van der Waals surface area contributed by atoms with Gasteiger partial charge in [0.15, 0.2) is 11.5 Å². The summed E-state index contributed by atoms with van der Waals surface area (Å²) in [7, 11) is 1.56. The average Bonchev–Trinajstić information content (AvgIpc) is 3.38. The van der Waals surface area contributed by atoms with Crippen LogP contribution in [0.15, 0.2) is 48.7 Å². The Bertz CT molecular complexity index is 1290. The molecule has 4 heterocycles. The number of halogens is 3. The van der Waals surface area contributed by atoms with Crippen LogP contribution in [-0.2, 0) is 0 Å². The van der Waals surface area contributed by atoms with Gasteiger partial charge < -0.3 is 10.5 Å². The van der Waals surface area contributed by atoms with Crippen molar-refractivity contribution >= 4 is 16.6 Å². The maximum Gasteiger partial charge on any atom is 0.408 e. The lowest BCUT2D eigenvalue weighted by atomic mass is 10.1. The number of aromatic nitrogens is 4. The molecule has 0 spiro atoms. The number of hydrogen-bond acceptors (Lipinski definition) is 6. The Kier molecular flexibility index (Phi) is 4.98. The molecule has 0 bridgehead atoms. The van der Waals surface area contributed by atoms with Crippen molar-refractivity contribution in [3.8, 4) is 17.3 Å². The number of alkyl halides is 3. The quantitative estimate of drug-likeness (QED) is 0.520. The van der Waals surface area contributed by atoms with E-state index in [0.29, 0.717) is 41.4 Å². The van der Waals surface area contributed by atoms with Gasteiger partial charge in [-0.15, -0.1) is 10.2 Å². The van der Waals surface area contributed by atoms with Gasteiger partial charge in [0.25, 0.3) is 0 Å². The molecule has 5 rings (SSSR count). The smallest absolute Gasteiger partial charge is 0.408 e. The van der Waals surface area contributed by atoms with E-state index in [4.69, 9.17) is 10.5 Å². The van der Waals surface area contributed by atoms with Crippen LogP contribution >= 0.6 is 0 Å². The molecule has 0 saturated carbocycles. The summed E-state index contributed by atoms with van der Waals surface area (Å²) < 4.78 is 49.1. The molecule has 1 aromatic carbocycles. The van der Waals surface area contributed by atoms with Crippen molar-refractivity contribution < 1.29 is 17.9 Å². The number of hydrogen-bond donors (Lipinski definition) is 1. The monoisotopic (exact) mass is 442 g/mol. The van der Waals surface area contributed by atoms with Crippen LogP contribution in [-0.4, -0.2) is 56.9 Å². The van der Waals surface area contributed by atoms with Gasteiger partial charge >= 0.3 is 6.18 Å². The molecule has 0 radical (unpaired) electrons. The van der Waals surface area contributed by atoms with Crippen molar-refractivity contribution in [2.75, 3.05) is 20.2 Å². The third-order valence-electron chi connectivity index (χ3n) is 5.80. The van der Waals surface area contributed by atoms with E-state index in [1.165, 1.54) is 17.2 Å². The second-order valence-electron chi connectivity index (χ2n) is 7.93. The summed E-state index contributed by atoms with van der Waals surface area (Å²) in [5.41, 5.74) is 7.54. The lowest BCUT2D eigenvalue weighted by molar-refractivity contribution is -0.183. The van der Waals surface area contributed by atoms with Crippen LogP contribution in [0.2, 0.25) is 0 Å². The van der Waals surface area contributed by atoms with Crippen molar-refractivity contribution in [2.45, 2.75) is 24.7 Å². The van der Waals surface area contributed by atoms with E-state index in [1.807, 2.05) is 18.2 Å². The van der Waals surface area contributed by atoms with Gasteiger partial charge in [-0.1, -0.05) is 24.3 Å². The fourth-order valence-electron chi connectivity index (χ4n) is 4.31. The predicted molar refractivity (Wildman–Crippen MR) is 113 cm³/mol. The first-order chi connectivity index (χ1) is 15.3. The van der Waals surface area contributed by atoms with E-state index < -0.39 is 12.2 Å². The third kappa shape index (κ3) is 3.55.